The number of halogens is 3. The van der Waals surface area contributed by atoms with Crippen LogP contribution in [0.15, 0.2) is 48.3 Å². The molecule has 1 aliphatic carbocycles. The summed E-state index contributed by atoms with van der Waals surface area (Å²) in [5.41, 5.74) is 2.84. The van der Waals surface area contributed by atoms with Gasteiger partial charge in [-0.15, -0.1) is 0 Å². The van der Waals surface area contributed by atoms with Crippen LogP contribution in [0.5, 0.6) is 0 Å². The highest BCUT2D eigenvalue weighted by atomic mass is 19.4. The van der Waals surface area contributed by atoms with E-state index < -0.39 is 30.1 Å². The van der Waals surface area contributed by atoms with E-state index in [1.165, 1.54) is 19.5 Å². The molecule has 7 nitrogen and oxygen atoms in total. The monoisotopic (exact) mass is 516 g/mol. The van der Waals surface area contributed by atoms with Crippen LogP contribution in [0, 0.1) is 5.92 Å². The first-order valence-electron chi connectivity index (χ1n) is 12.5. The zero-order valence-electron chi connectivity index (χ0n) is 20.9. The molecule has 2 aliphatic rings. The van der Waals surface area contributed by atoms with Crippen molar-refractivity contribution in [2.24, 2.45) is 5.92 Å². The van der Waals surface area contributed by atoms with E-state index >= 15 is 0 Å². The van der Waals surface area contributed by atoms with Crippen LogP contribution in [-0.2, 0) is 16.1 Å². The maximum Gasteiger partial charge on any atom is 0.471 e. The minimum atomic E-state index is -4.91. The Hall–Kier alpha value is -3.27. The van der Waals surface area contributed by atoms with Crippen LogP contribution < -0.4 is 0 Å². The van der Waals surface area contributed by atoms with Crippen molar-refractivity contribution >= 4 is 18.0 Å². The van der Waals surface area contributed by atoms with Crippen LogP contribution in [-0.4, -0.2) is 70.1 Å². The van der Waals surface area contributed by atoms with Crippen molar-refractivity contribution < 1.29 is 27.5 Å². The van der Waals surface area contributed by atoms with E-state index in [9.17, 15) is 22.8 Å². The van der Waals surface area contributed by atoms with E-state index in [2.05, 4.69) is 19.6 Å². The maximum absolute atomic E-state index is 13.6. The number of amides is 1. The van der Waals surface area contributed by atoms with Crippen molar-refractivity contribution in [2.75, 3.05) is 20.2 Å². The number of ether oxygens (including phenoxy) is 1. The van der Waals surface area contributed by atoms with Gasteiger partial charge in [-0.05, 0) is 31.2 Å². The molecular formula is C27H31F3N4O3. The van der Waals surface area contributed by atoms with E-state index in [1.54, 1.807) is 0 Å². The number of nitrogens with zero attached hydrogens (tertiary/aromatic N) is 4. The lowest BCUT2D eigenvalue weighted by molar-refractivity contribution is -0.189. The summed E-state index contributed by atoms with van der Waals surface area (Å²) in [6.07, 6.45) is 2.14. The predicted octanol–water partition coefficient (Wildman–Crippen LogP) is 4.50. The molecule has 1 saturated carbocycles. The van der Waals surface area contributed by atoms with E-state index in [0.717, 1.165) is 22.5 Å². The molecule has 2 heterocycles. The number of aromatic nitrogens is 2. The molecule has 0 spiro atoms. The van der Waals surface area contributed by atoms with Crippen LogP contribution in [0.25, 0.3) is 6.08 Å². The number of benzene rings is 1. The van der Waals surface area contributed by atoms with Crippen molar-refractivity contribution in [3.63, 3.8) is 0 Å². The smallest absolute Gasteiger partial charge is 0.464 e. The number of likely N-dealkylation sites (tertiary alicyclic amines) is 1. The first-order chi connectivity index (χ1) is 17.7. The van der Waals surface area contributed by atoms with Crippen LogP contribution in [0.2, 0.25) is 0 Å². The number of hydrogen-bond donors (Lipinski definition) is 0. The van der Waals surface area contributed by atoms with E-state index in [1.807, 2.05) is 43.3 Å². The molecule has 1 aliphatic heterocycles. The van der Waals surface area contributed by atoms with Crippen LogP contribution in [0.3, 0.4) is 0 Å². The molecule has 2 aromatic rings. The number of carbonyl (C=O) groups excluding carboxylic acids is 2. The largest absolute Gasteiger partial charge is 0.471 e. The molecule has 0 unspecified atom stereocenters. The Bertz CT molecular complexity index is 1110. The second-order valence-electron chi connectivity index (χ2n) is 9.50. The highest BCUT2D eigenvalue weighted by molar-refractivity contribution is 5.86. The zero-order chi connectivity index (χ0) is 26.6. The number of alkyl halides is 3. The van der Waals surface area contributed by atoms with Gasteiger partial charge in [-0.3, -0.25) is 14.7 Å². The molecular weight excluding hydrogens is 485 g/mol. The average molecular weight is 517 g/mol. The van der Waals surface area contributed by atoms with Crippen LogP contribution in [0.1, 0.15) is 54.4 Å². The molecule has 1 aromatic heterocycles. The van der Waals surface area contributed by atoms with Crippen LogP contribution >= 0.6 is 0 Å². The summed E-state index contributed by atoms with van der Waals surface area (Å²) in [6.45, 7) is 3.52. The Morgan fingerprint density at radius 3 is 2.41 bits per heavy atom. The molecule has 2 fully saturated rings. The number of methoxy groups -OCH3 is 1. The molecule has 198 valence electrons. The molecule has 2 atom stereocenters. The second kappa shape index (κ2) is 11.4. The van der Waals surface area contributed by atoms with Crippen LogP contribution in [0.4, 0.5) is 13.2 Å². The minimum Gasteiger partial charge on any atom is -0.464 e. The first-order valence-corrected chi connectivity index (χ1v) is 12.5. The summed E-state index contributed by atoms with van der Waals surface area (Å²) in [7, 11) is 1.27. The van der Waals surface area contributed by atoms with Crippen molar-refractivity contribution in [2.45, 2.75) is 57.4 Å². The van der Waals surface area contributed by atoms with Gasteiger partial charge >= 0.3 is 18.1 Å². The third-order valence-corrected chi connectivity index (χ3v) is 7.06. The molecule has 0 N–H and O–H groups in total. The predicted molar refractivity (Wildman–Crippen MR) is 131 cm³/mol. The average Bonchev–Trinajstić information content (AvgIpc) is 3.68. The number of rotatable bonds is 8. The summed E-state index contributed by atoms with van der Waals surface area (Å²) < 4.78 is 45.5. The summed E-state index contributed by atoms with van der Waals surface area (Å²) in [5, 5.41) is 0. The third-order valence-electron chi connectivity index (χ3n) is 7.06. The molecule has 1 saturated heterocycles. The van der Waals surface area contributed by atoms with Crippen molar-refractivity contribution in [3.05, 3.63) is 65.2 Å². The molecule has 1 aromatic carbocycles. The third kappa shape index (κ3) is 6.54. The Morgan fingerprint density at radius 2 is 1.84 bits per heavy atom. The van der Waals surface area contributed by atoms with Crippen molar-refractivity contribution in [1.29, 1.82) is 0 Å². The fraction of sp³-hybridized carbons (Fsp3) is 0.481. The lowest BCUT2D eigenvalue weighted by Gasteiger charge is -2.39. The Kier molecular flexibility index (Phi) is 8.26. The van der Waals surface area contributed by atoms with Gasteiger partial charge in [-0.2, -0.15) is 13.2 Å². The number of carbonyl (C=O) groups is 2. The topological polar surface area (TPSA) is 75.6 Å². The lowest BCUT2D eigenvalue weighted by atomic mass is 10.0. The quantitative estimate of drug-likeness (QED) is 0.481. The molecule has 10 heteroatoms. The highest BCUT2D eigenvalue weighted by Gasteiger charge is 2.54. The maximum atomic E-state index is 13.6. The summed E-state index contributed by atoms with van der Waals surface area (Å²) in [4.78, 5) is 35.6. The van der Waals surface area contributed by atoms with E-state index in [-0.39, 0.29) is 11.6 Å². The molecule has 4 rings (SSSR count). The SMILES string of the molecule is CC/C(=C\c1ccccc1)[C@@H]1C[C@H]1N(C(=O)C(F)(F)F)C1CCN(Cc2cnc(C(=O)OC)cn2)CC1. The van der Waals surface area contributed by atoms with Gasteiger partial charge in [-0.25, -0.2) is 9.78 Å². The molecule has 0 radical (unpaired) electrons. The van der Waals surface area contributed by atoms with Gasteiger partial charge in [0, 0.05) is 37.6 Å². The first kappa shape index (κ1) is 26.8. The van der Waals surface area contributed by atoms with Gasteiger partial charge in [0.05, 0.1) is 25.2 Å². The van der Waals surface area contributed by atoms with Gasteiger partial charge in [0.25, 0.3) is 0 Å². The number of hydrogen-bond acceptors (Lipinski definition) is 6. The normalized spacial score (nSPS) is 20.9. The van der Waals surface area contributed by atoms with Gasteiger partial charge in [-0.1, -0.05) is 48.9 Å². The van der Waals surface area contributed by atoms with Gasteiger partial charge < -0.3 is 9.64 Å². The van der Waals surface area contributed by atoms with E-state index in [4.69, 9.17) is 0 Å². The zero-order valence-corrected chi connectivity index (χ0v) is 20.9. The number of esters is 1. The minimum absolute atomic E-state index is 0.0573. The van der Waals surface area contributed by atoms with Crippen molar-refractivity contribution in [3.8, 4) is 0 Å². The van der Waals surface area contributed by atoms with Gasteiger partial charge in [0.15, 0.2) is 5.69 Å². The summed E-state index contributed by atoms with van der Waals surface area (Å²) in [5.74, 6) is -2.37. The fourth-order valence-corrected chi connectivity index (χ4v) is 5.09. The Labute approximate surface area is 214 Å². The van der Waals surface area contributed by atoms with Crippen molar-refractivity contribution in [1.82, 2.24) is 19.8 Å². The van der Waals surface area contributed by atoms with E-state index in [0.29, 0.717) is 44.6 Å². The highest BCUT2D eigenvalue weighted by Crippen LogP contribution is 2.46. The standard InChI is InChI=1S/C27H31F3N4O3/c1-3-19(13-18-7-5-4-6-8-18)22-14-24(22)34(26(36)27(28,29)30)21-9-11-33(12-10-21)17-20-15-32-23(16-31-20)25(35)37-2/h4-8,13,15-16,21-22,24H,3,9-12,14,17H2,1-2H3/b19-13+/t22-,24+/m0/s1. The molecule has 1 amide bonds. The van der Waals surface area contributed by atoms with Gasteiger partial charge in [0.1, 0.15) is 0 Å². The summed E-state index contributed by atoms with van der Waals surface area (Å²) in [6, 6.07) is 8.80. The summed E-state index contributed by atoms with van der Waals surface area (Å²) >= 11 is 0. The van der Waals surface area contributed by atoms with Gasteiger partial charge in [0.2, 0.25) is 0 Å². The second-order valence-corrected chi connectivity index (χ2v) is 9.50. The fourth-order valence-electron chi connectivity index (χ4n) is 5.09. The lowest BCUT2D eigenvalue weighted by Crippen LogP contribution is -2.52. The Morgan fingerprint density at radius 1 is 1.14 bits per heavy atom. The Balaban J connectivity index is 1.42. The number of piperidine rings is 1. The molecule has 0 bridgehead atoms. The molecule has 37 heavy (non-hydrogen) atoms.